The van der Waals surface area contributed by atoms with Gasteiger partial charge in [0.1, 0.15) is 0 Å². The van der Waals surface area contributed by atoms with Crippen LogP contribution >= 0.6 is 23.2 Å². The summed E-state index contributed by atoms with van der Waals surface area (Å²) in [6.45, 7) is 3.04. The number of unbranched alkanes of at least 4 members (excludes halogenated alkanes) is 1. The van der Waals surface area contributed by atoms with Crippen molar-refractivity contribution >= 4 is 29.0 Å². The number of halogens is 2. The number of hydrogen-bond acceptors (Lipinski definition) is 2. The van der Waals surface area contributed by atoms with E-state index in [1.807, 2.05) is 24.3 Å². The van der Waals surface area contributed by atoms with Gasteiger partial charge in [0.2, 0.25) is 0 Å². The largest absolute Gasteiger partial charge is 0.310 e. The van der Waals surface area contributed by atoms with E-state index in [-0.39, 0.29) is 11.8 Å². The van der Waals surface area contributed by atoms with Crippen molar-refractivity contribution in [2.45, 2.75) is 32.2 Å². The SMILES string of the molecule is CCCCNC(CC(=O)c1ccc(Cl)cc1)c1ccc(Cl)cc1. The van der Waals surface area contributed by atoms with E-state index in [4.69, 9.17) is 23.2 Å². The lowest BCUT2D eigenvalue weighted by molar-refractivity contribution is 0.0968. The molecule has 4 heteroatoms. The van der Waals surface area contributed by atoms with Crippen LogP contribution in [-0.2, 0) is 0 Å². The average molecular weight is 350 g/mol. The van der Waals surface area contributed by atoms with E-state index in [1.54, 1.807) is 24.3 Å². The van der Waals surface area contributed by atoms with Crippen LogP contribution in [0.25, 0.3) is 0 Å². The van der Waals surface area contributed by atoms with Gasteiger partial charge in [0, 0.05) is 28.1 Å². The zero-order valence-corrected chi connectivity index (χ0v) is 14.7. The highest BCUT2D eigenvalue weighted by Crippen LogP contribution is 2.22. The number of benzene rings is 2. The zero-order chi connectivity index (χ0) is 16.7. The van der Waals surface area contributed by atoms with Crippen molar-refractivity contribution in [1.29, 1.82) is 0 Å². The molecule has 0 aliphatic carbocycles. The second-order valence-electron chi connectivity index (χ2n) is 5.55. The molecular formula is C19H21Cl2NO. The van der Waals surface area contributed by atoms with Gasteiger partial charge >= 0.3 is 0 Å². The van der Waals surface area contributed by atoms with Gasteiger partial charge in [0.15, 0.2) is 5.78 Å². The molecule has 0 aliphatic heterocycles. The van der Waals surface area contributed by atoms with E-state index in [2.05, 4.69) is 12.2 Å². The molecule has 0 aliphatic rings. The lowest BCUT2D eigenvalue weighted by atomic mass is 9.97. The summed E-state index contributed by atoms with van der Waals surface area (Å²) < 4.78 is 0. The second-order valence-corrected chi connectivity index (χ2v) is 6.42. The van der Waals surface area contributed by atoms with Gasteiger partial charge in [-0.25, -0.2) is 0 Å². The Morgan fingerprint density at radius 2 is 1.57 bits per heavy atom. The van der Waals surface area contributed by atoms with Crippen LogP contribution in [0.15, 0.2) is 48.5 Å². The zero-order valence-electron chi connectivity index (χ0n) is 13.2. The number of ketones is 1. The Morgan fingerprint density at radius 3 is 2.13 bits per heavy atom. The van der Waals surface area contributed by atoms with Crippen molar-refractivity contribution in [3.63, 3.8) is 0 Å². The van der Waals surface area contributed by atoms with Crippen molar-refractivity contribution < 1.29 is 4.79 Å². The van der Waals surface area contributed by atoms with E-state index in [0.717, 1.165) is 24.9 Å². The molecule has 0 radical (unpaired) electrons. The number of hydrogen-bond donors (Lipinski definition) is 1. The molecule has 2 aromatic rings. The molecule has 0 heterocycles. The number of carbonyl (C=O) groups is 1. The first-order valence-electron chi connectivity index (χ1n) is 7.87. The summed E-state index contributed by atoms with van der Waals surface area (Å²) in [6, 6.07) is 14.7. The summed E-state index contributed by atoms with van der Waals surface area (Å²) in [5.41, 5.74) is 1.76. The molecule has 23 heavy (non-hydrogen) atoms. The van der Waals surface area contributed by atoms with Gasteiger partial charge in [0.05, 0.1) is 0 Å². The Hall–Kier alpha value is -1.35. The van der Waals surface area contributed by atoms with Crippen LogP contribution in [0, 0.1) is 0 Å². The van der Waals surface area contributed by atoms with Crippen LogP contribution in [0.1, 0.15) is 48.1 Å². The molecule has 122 valence electrons. The summed E-state index contributed by atoms with van der Waals surface area (Å²) in [6.07, 6.45) is 2.61. The van der Waals surface area contributed by atoms with Gasteiger partial charge in [0.25, 0.3) is 0 Å². The molecule has 0 saturated heterocycles. The van der Waals surface area contributed by atoms with Crippen molar-refractivity contribution in [3.8, 4) is 0 Å². The number of nitrogens with one attached hydrogen (secondary N) is 1. The molecule has 2 rings (SSSR count). The van der Waals surface area contributed by atoms with Crippen molar-refractivity contribution in [2.75, 3.05) is 6.54 Å². The third-order valence-corrected chi connectivity index (χ3v) is 4.25. The molecule has 1 unspecified atom stereocenters. The van der Waals surface area contributed by atoms with E-state index in [1.165, 1.54) is 0 Å². The van der Waals surface area contributed by atoms with E-state index in [9.17, 15) is 4.79 Å². The Labute approximate surface area is 147 Å². The maximum atomic E-state index is 12.5. The predicted octanol–water partition coefficient (Wildman–Crippen LogP) is 5.70. The monoisotopic (exact) mass is 349 g/mol. The minimum atomic E-state index is -0.0120. The highest BCUT2D eigenvalue weighted by Gasteiger charge is 2.16. The standard InChI is InChI=1S/C19H21Cl2NO/c1-2-3-12-22-18(14-4-8-16(20)9-5-14)13-19(23)15-6-10-17(21)11-7-15/h4-11,18,22H,2-3,12-13H2,1H3. The third kappa shape index (κ3) is 5.65. The first kappa shape index (κ1) is 18.0. The minimum Gasteiger partial charge on any atom is -0.310 e. The van der Waals surface area contributed by atoms with Crippen LogP contribution in [0.4, 0.5) is 0 Å². The molecule has 0 bridgehead atoms. The Morgan fingerprint density at radius 1 is 1.00 bits per heavy atom. The normalized spacial score (nSPS) is 12.1. The summed E-state index contributed by atoms with van der Waals surface area (Å²) >= 11 is 11.8. The van der Waals surface area contributed by atoms with Crippen LogP contribution in [0.2, 0.25) is 10.0 Å². The summed E-state index contributed by atoms with van der Waals surface area (Å²) in [5.74, 6) is 0.102. The topological polar surface area (TPSA) is 29.1 Å². The highest BCUT2D eigenvalue weighted by molar-refractivity contribution is 6.30. The van der Waals surface area contributed by atoms with Gasteiger partial charge in [-0.1, -0.05) is 48.7 Å². The molecule has 0 amide bonds. The average Bonchev–Trinajstić information content (AvgIpc) is 2.55. The van der Waals surface area contributed by atoms with Gasteiger partial charge in [-0.3, -0.25) is 4.79 Å². The Bertz CT molecular complexity index is 623. The summed E-state index contributed by atoms with van der Waals surface area (Å²) in [7, 11) is 0. The second kappa shape index (κ2) is 9.07. The maximum Gasteiger partial charge on any atom is 0.164 e. The third-order valence-electron chi connectivity index (χ3n) is 3.75. The van der Waals surface area contributed by atoms with E-state index < -0.39 is 0 Å². The lowest BCUT2D eigenvalue weighted by Gasteiger charge is -2.19. The van der Waals surface area contributed by atoms with Crippen molar-refractivity contribution in [3.05, 3.63) is 69.7 Å². The maximum absolute atomic E-state index is 12.5. The minimum absolute atomic E-state index is 0.0120. The summed E-state index contributed by atoms with van der Waals surface area (Å²) in [5, 5.41) is 4.81. The molecule has 0 saturated carbocycles. The van der Waals surface area contributed by atoms with Gasteiger partial charge in [-0.05, 0) is 54.9 Å². The number of carbonyl (C=O) groups excluding carboxylic acids is 1. The Kier molecular flexibility index (Phi) is 7.10. The fraction of sp³-hybridized carbons (Fsp3) is 0.316. The van der Waals surface area contributed by atoms with Crippen LogP contribution in [0.5, 0.6) is 0 Å². The van der Waals surface area contributed by atoms with Crippen LogP contribution in [0.3, 0.4) is 0 Å². The van der Waals surface area contributed by atoms with Gasteiger partial charge in [-0.2, -0.15) is 0 Å². The van der Waals surface area contributed by atoms with E-state index in [0.29, 0.717) is 22.0 Å². The molecule has 0 fully saturated rings. The van der Waals surface area contributed by atoms with Gasteiger partial charge in [-0.15, -0.1) is 0 Å². The molecule has 1 atom stereocenters. The lowest BCUT2D eigenvalue weighted by Crippen LogP contribution is -2.25. The first-order chi connectivity index (χ1) is 11.1. The molecule has 1 N–H and O–H groups in total. The van der Waals surface area contributed by atoms with E-state index >= 15 is 0 Å². The Balaban J connectivity index is 2.11. The van der Waals surface area contributed by atoms with Gasteiger partial charge < -0.3 is 5.32 Å². The quantitative estimate of drug-likeness (QED) is 0.489. The number of rotatable bonds is 8. The fourth-order valence-electron chi connectivity index (χ4n) is 2.40. The number of Topliss-reactive ketones (excluding diaryl/α,β-unsaturated/α-hetero) is 1. The molecular weight excluding hydrogens is 329 g/mol. The molecule has 2 aromatic carbocycles. The first-order valence-corrected chi connectivity index (χ1v) is 8.63. The van der Waals surface area contributed by atoms with Crippen LogP contribution in [-0.4, -0.2) is 12.3 Å². The van der Waals surface area contributed by atoms with Crippen LogP contribution < -0.4 is 5.32 Å². The molecule has 2 nitrogen and oxygen atoms in total. The smallest absolute Gasteiger partial charge is 0.164 e. The van der Waals surface area contributed by atoms with Crippen molar-refractivity contribution in [2.24, 2.45) is 0 Å². The molecule has 0 aromatic heterocycles. The molecule has 0 spiro atoms. The summed E-state index contributed by atoms with van der Waals surface area (Å²) in [4.78, 5) is 12.5. The predicted molar refractivity (Wildman–Crippen MR) is 97.5 cm³/mol. The highest BCUT2D eigenvalue weighted by atomic mass is 35.5. The fourth-order valence-corrected chi connectivity index (χ4v) is 2.65. The van der Waals surface area contributed by atoms with Crippen molar-refractivity contribution in [1.82, 2.24) is 5.32 Å².